The molecule has 2 N–H and O–H groups in total. The predicted octanol–water partition coefficient (Wildman–Crippen LogP) is 4.77. The lowest BCUT2D eigenvalue weighted by molar-refractivity contribution is -0.0357. The van der Waals surface area contributed by atoms with E-state index in [1.165, 1.54) is 0 Å². The minimum atomic E-state index is -0.821. The summed E-state index contributed by atoms with van der Waals surface area (Å²) in [6, 6.07) is 9.35. The Balaban J connectivity index is 1.96. The Hall–Kier alpha value is -2.14. The zero-order chi connectivity index (χ0) is 29.2. The molecule has 9 heteroatoms. The van der Waals surface area contributed by atoms with Gasteiger partial charge in [-0.25, -0.2) is 0 Å². The van der Waals surface area contributed by atoms with Crippen molar-refractivity contribution >= 4 is 10.8 Å². The number of rotatable bonds is 23. The van der Waals surface area contributed by atoms with E-state index in [2.05, 4.69) is 13.8 Å². The second kappa shape index (κ2) is 19.9. The maximum absolute atomic E-state index is 10.5. The molecule has 9 nitrogen and oxygen atoms in total. The summed E-state index contributed by atoms with van der Waals surface area (Å²) in [6.45, 7) is 5.49. The third-order valence-corrected chi connectivity index (χ3v) is 6.65. The summed E-state index contributed by atoms with van der Waals surface area (Å²) in [5, 5.41) is 22.5. The molecule has 0 amide bonds. The molecular formula is C31H50O9. The highest BCUT2D eigenvalue weighted by atomic mass is 16.6. The van der Waals surface area contributed by atoms with E-state index in [0.29, 0.717) is 30.5 Å². The van der Waals surface area contributed by atoms with Gasteiger partial charge in [-0.1, -0.05) is 63.8 Å². The fraction of sp³-hybridized carbons (Fsp3) is 0.677. The molecule has 0 bridgehead atoms. The van der Waals surface area contributed by atoms with Crippen molar-refractivity contribution < 1.29 is 43.4 Å². The highest BCUT2D eigenvalue weighted by Crippen LogP contribution is 2.41. The van der Waals surface area contributed by atoms with Gasteiger partial charge in [0.25, 0.3) is 0 Å². The van der Waals surface area contributed by atoms with Gasteiger partial charge in [-0.2, -0.15) is 0 Å². The first-order valence-corrected chi connectivity index (χ1v) is 14.4. The Bertz CT molecular complexity index is 938. The minimum absolute atomic E-state index is 0.0165. The van der Waals surface area contributed by atoms with Crippen LogP contribution in [0.25, 0.3) is 10.8 Å². The molecule has 0 radical (unpaired) electrons. The van der Waals surface area contributed by atoms with Crippen LogP contribution in [0.3, 0.4) is 0 Å². The Morgan fingerprint density at radius 3 is 1.68 bits per heavy atom. The molecule has 0 aliphatic carbocycles. The van der Waals surface area contributed by atoms with E-state index in [9.17, 15) is 10.2 Å². The van der Waals surface area contributed by atoms with E-state index in [1.54, 1.807) is 27.4 Å². The van der Waals surface area contributed by atoms with Gasteiger partial charge in [-0.3, -0.25) is 0 Å². The van der Waals surface area contributed by atoms with Crippen molar-refractivity contribution in [3.8, 4) is 17.2 Å². The van der Waals surface area contributed by atoms with Crippen LogP contribution < -0.4 is 14.2 Å². The van der Waals surface area contributed by atoms with E-state index < -0.39 is 12.2 Å². The molecule has 4 unspecified atom stereocenters. The number of hydrogen-bond acceptors (Lipinski definition) is 9. The monoisotopic (exact) mass is 566 g/mol. The second-order valence-corrected chi connectivity index (χ2v) is 9.96. The highest BCUT2D eigenvalue weighted by molar-refractivity contribution is 5.95. The lowest BCUT2D eigenvalue weighted by atomic mass is 10.1. The molecule has 0 aromatic heterocycles. The molecule has 0 fully saturated rings. The van der Waals surface area contributed by atoms with Crippen LogP contribution in [0.5, 0.6) is 17.2 Å². The Morgan fingerprint density at radius 2 is 1.18 bits per heavy atom. The molecule has 40 heavy (non-hydrogen) atoms. The van der Waals surface area contributed by atoms with Crippen LogP contribution in [0.2, 0.25) is 0 Å². The SMILES string of the molecule is CCCCC(COCC(O)COc1cc(OC)c(OCC(O)COCC(CCCC)OC)c2ccccc12)OC. The van der Waals surface area contributed by atoms with Crippen molar-refractivity contribution in [3.05, 3.63) is 30.3 Å². The van der Waals surface area contributed by atoms with Crippen molar-refractivity contribution in [2.24, 2.45) is 0 Å². The number of hydrogen-bond donors (Lipinski definition) is 2. The van der Waals surface area contributed by atoms with Crippen molar-refractivity contribution in [2.75, 3.05) is 61.0 Å². The summed E-state index contributed by atoms with van der Waals surface area (Å²) < 4.78 is 39.8. The summed E-state index contributed by atoms with van der Waals surface area (Å²) >= 11 is 0. The van der Waals surface area contributed by atoms with E-state index in [0.717, 1.165) is 49.3 Å². The Kier molecular flexibility index (Phi) is 16.9. The van der Waals surface area contributed by atoms with Gasteiger partial charge < -0.3 is 43.4 Å². The molecule has 0 heterocycles. The fourth-order valence-corrected chi connectivity index (χ4v) is 4.25. The van der Waals surface area contributed by atoms with E-state index in [-0.39, 0.29) is 38.6 Å². The topological polar surface area (TPSA) is 105 Å². The third kappa shape index (κ3) is 11.8. The van der Waals surface area contributed by atoms with Gasteiger partial charge in [-0.05, 0) is 12.8 Å². The summed E-state index contributed by atoms with van der Waals surface area (Å²) in [6.07, 6.45) is 4.60. The third-order valence-electron chi connectivity index (χ3n) is 6.65. The first-order valence-electron chi connectivity index (χ1n) is 14.4. The maximum atomic E-state index is 10.5. The summed E-state index contributed by atoms with van der Waals surface area (Å²) in [7, 11) is 4.90. The van der Waals surface area contributed by atoms with Gasteiger partial charge in [0.1, 0.15) is 31.2 Å². The smallest absolute Gasteiger partial charge is 0.169 e. The largest absolute Gasteiger partial charge is 0.493 e. The van der Waals surface area contributed by atoms with Crippen LogP contribution in [0.4, 0.5) is 0 Å². The average Bonchev–Trinajstić information content (AvgIpc) is 2.98. The summed E-state index contributed by atoms with van der Waals surface area (Å²) in [5.74, 6) is 1.52. The van der Waals surface area contributed by atoms with Crippen molar-refractivity contribution in [3.63, 3.8) is 0 Å². The highest BCUT2D eigenvalue weighted by Gasteiger charge is 2.18. The molecule has 0 saturated carbocycles. The lowest BCUT2D eigenvalue weighted by Gasteiger charge is -2.20. The van der Waals surface area contributed by atoms with E-state index >= 15 is 0 Å². The molecular weight excluding hydrogens is 516 g/mol. The molecule has 0 saturated heterocycles. The standard InChI is InChI=1S/C31H50O9/c1-6-8-12-25(34-3)21-37-17-23(32)19-39-29-16-30(36-5)31(28-15-11-10-14-27(28)29)40-20-24(33)18-38-22-26(35-4)13-9-7-2/h10-11,14-16,23-26,32-33H,6-9,12-13,17-22H2,1-5H3. The molecule has 2 aromatic carbocycles. The fourth-order valence-electron chi connectivity index (χ4n) is 4.25. The molecule has 0 aliphatic heterocycles. The predicted molar refractivity (Wildman–Crippen MR) is 156 cm³/mol. The molecule has 228 valence electrons. The van der Waals surface area contributed by atoms with Crippen LogP contribution in [0, 0.1) is 0 Å². The van der Waals surface area contributed by atoms with Crippen LogP contribution >= 0.6 is 0 Å². The quantitative estimate of drug-likeness (QED) is 0.197. The summed E-state index contributed by atoms with van der Waals surface area (Å²) in [4.78, 5) is 0. The second-order valence-electron chi connectivity index (χ2n) is 9.96. The number of benzene rings is 2. The molecule has 0 aliphatic rings. The Morgan fingerprint density at radius 1 is 0.650 bits per heavy atom. The first kappa shape index (κ1) is 34.1. The van der Waals surface area contributed by atoms with Crippen molar-refractivity contribution in [2.45, 2.75) is 76.8 Å². The zero-order valence-corrected chi connectivity index (χ0v) is 24.9. The lowest BCUT2D eigenvalue weighted by Crippen LogP contribution is -2.27. The van der Waals surface area contributed by atoms with Gasteiger partial charge in [0.05, 0.1) is 45.7 Å². The maximum Gasteiger partial charge on any atom is 0.169 e. The van der Waals surface area contributed by atoms with Gasteiger partial charge in [0.15, 0.2) is 11.5 Å². The van der Waals surface area contributed by atoms with Crippen molar-refractivity contribution in [1.29, 1.82) is 0 Å². The van der Waals surface area contributed by atoms with Crippen LogP contribution in [-0.4, -0.2) is 95.6 Å². The summed E-state index contributed by atoms with van der Waals surface area (Å²) in [5.41, 5.74) is 0. The molecule has 4 atom stereocenters. The van der Waals surface area contributed by atoms with Crippen LogP contribution in [0.15, 0.2) is 30.3 Å². The molecule has 2 aromatic rings. The molecule has 2 rings (SSSR count). The zero-order valence-electron chi connectivity index (χ0n) is 24.9. The van der Waals surface area contributed by atoms with Gasteiger partial charge in [0, 0.05) is 31.1 Å². The Labute approximate surface area is 239 Å². The van der Waals surface area contributed by atoms with Crippen LogP contribution in [0.1, 0.15) is 52.4 Å². The number of fused-ring (bicyclic) bond motifs is 1. The minimum Gasteiger partial charge on any atom is -0.493 e. The van der Waals surface area contributed by atoms with Crippen molar-refractivity contribution in [1.82, 2.24) is 0 Å². The van der Waals surface area contributed by atoms with Gasteiger partial charge >= 0.3 is 0 Å². The number of unbranched alkanes of at least 4 members (excludes halogenated alkanes) is 2. The number of methoxy groups -OCH3 is 3. The number of aliphatic hydroxyl groups excluding tert-OH is 2. The molecule has 0 spiro atoms. The first-order chi connectivity index (χ1) is 19.5. The number of ether oxygens (including phenoxy) is 7. The van der Waals surface area contributed by atoms with Gasteiger partial charge in [-0.15, -0.1) is 0 Å². The van der Waals surface area contributed by atoms with E-state index in [1.807, 2.05) is 24.3 Å². The normalized spacial score (nSPS) is 14.6. The average molecular weight is 567 g/mol. The van der Waals surface area contributed by atoms with E-state index in [4.69, 9.17) is 33.2 Å². The number of aliphatic hydroxyl groups is 2. The van der Waals surface area contributed by atoms with Gasteiger partial charge in [0.2, 0.25) is 0 Å². The van der Waals surface area contributed by atoms with Crippen LogP contribution in [-0.2, 0) is 18.9 Å².